The van der Waals surface area contributed by atoms with Crippen molar-refractivity contribution in [2.24, 2.45) is 5.92 Å². The molecule has 0 aromatic heterocycles. The molecule has 0 radical (unpaired) electrons. The van der Waals surface area contributed by atoms with Gasteiger partial charge in [0, 0.05) is 12.2 Å². The maximum absolute atomic E-state index is 11.5. The molecule has 0 spiro atoms. The van der Waals surface area contributed by atoms with Crippen LogP contribution in [-0.2, 0) is 14.6 Å². The van der Waals surface area contributed by atoms with Crippen LogP contribution in [0.4, 0.5) is 0 Å². The van der Waals surface area contributed by atoms with Crippen LogP contribution in [0.15, 0.2) is 23.1 Å². The van der Waals surface area contributed by atoms with Crippen molar-refractivity contribution >= 4 is 27.7 Å². The molecule has 1 unspecified atom stereocenters. The Hall–Kier alpha value is -0.870. The Morgan fingerprint density at radius 1 is 1.35 bits per heavy atom. The number of hydrogen-bond donors (Lipinski definition) is 0. The smallest absolute Gasteiger partial charge is 0.176 e. The first-order chi connectivity index (χ1) is 9.41. The highest BCUT2D eigenvalue weighted by Crippen LogP contribution is 2.34. The van der Waals surface area contributed by atoms with Crippen molar-refractivity contribution in [3.63, 3.8) is 0 Å². The van der Waals surface area contributed by atoms with Gasteiger partial charge < -0.3 is 4.79 Å². The fourth-order valence-electron chi connectivity index (χ4n) is 2.92. The van der Waals surface area contributed by atoms with Crippen molar-refractivity contribution in [1.82, 2.24) is 0 Å². The van der Waals surface area contributed by atoms with Gasteiger partial charge in [0.25, 0.3) is 0 Å². The van der Waals surface area contributed by atoms with Crippen molar-refractivity contribution in [2.75, 3.05) is 6.26 Å². The van der Waals surface area contributed by atoms with Crippen LogP contribution in [-0.4, -0.2) is 21.0 Å². The molecule has 1 aromatic carbocycles. The first-order valence-electron chi connectivity index (χ1n) is 6.86. The Bertz CT molecular complexity index is 589. The van der Waals surface area contributed by atoms with Gasteiger partial charge >= 0.3 is 0 Å². The lowest BCUT2D eigenvalue weighted by Crippen LogP contribution is -2.07. The Labute approximate surface area is 125 Å². The summed E-state index contributed by atoms with van der Waals surface area (Å²) >= 11 is 6.04. The van der Waals surface area contributed by atoms with Gasteiger partial charge in [-0.05, 0) is 30.0 Å². The molecule has 1 aromatic rings. The van der Waals surface area contributed by atoms with E-state index in [0.29, 0.717) is 5.92 Å². The zero-order valence-electron chi connectivity index (χ0n) is 11.5. The van der Waals surface area contributed by atoms with E-state index in [4.69, 9.17) is 11.6 Å². The number of sulfone groups is 1. The molecule has 1 aliphatic rings. The van der Waals surface area contributed by atoms with E-state index >= 15 is 0 Å². The summed E-state index contributed by atoms with van der Waals surface area (Å²) in [4.78, 5) is 11.4. The number of aldehydes is 1. The molecular formula is C15H19ClO3S. The highest BCUT2D eigenvalue weighted by Gasteiger charge is 2.22. The number of rotatable bonds is 5. The summed E-state index contributed by atoms with van der Waals surface area (Å²) < 4.78 is 23.1. The van der Waals surface area contributed by atoms with Gasteiger partial charge in [0.1, 0.15) is 6.29 Å². The molecule has 1 aliphatic carbocycles. The Kier molecular flexibility index (Phi) is 4.86. The van der Waals surface area contributed by atoms with E-state index in [1.165, 1.54) is 31.7 Å². The summed E-state index contributed by atoms with van der Waals surface area (Å²) in [5.74, 6) is 0.405. The van der Waals surface area contributed by atoms with Crippen molar-refractivity contribution in [2.45, 2.75) is 42.9 Å². The lowest BCUT2D eigenvalue weighted by Gasteiger charge is -2.16. The second kappa shape index (κ2) is 6.27. The van der Waals surface area contributed by atoms with Crippen LogP contribution < -0.4 is 0 Å². The van der Waals surface area contributed by atoms with Gasteiger partial charge in [0.05, 0.1) is 9.92 Å². The topological polar surface area (TPSA) is 51.2 Å². The van der Waals surface area contributed by atoms with Crippen molar-refractivity contribution in [1.29, 1.82) is 0 Å². The molecule has 0 heterocycles. The van der Waals surface area contributed by atoms with Gasteiger partial charge in [-0.1, -0.05) is 43.4 Å². The quantitative estimate of drug-likeness (QED) is 0.780. The molecule has 0 aliphatic heterocycles. The monoisotopic (exact) mass is 314 g/mol. The molecular weight excluding hydrogens is 296 g/mol. The maximum atomic E-state index is 11.5. The third kappa shape index (κ3) is 3.61. The first kappa shape index (κ1) is 15.5. The van der Waals surface area contributed by atoms with Gasteiger partial charge in [0.2, 0.25) is 0 Å². The average molecular weight is 315 g/mol. The normalized spacial score (nSPS) is 18.1. The molecule has 20 heavy (non-hydrogen) atoms. The van der Waals surface area contributed by atoms with Crippen molar-refractivity contribution < 1.29 is 13.2 Å². The van der Waals surface area contributed by atoms with Crippen LogP contribution in [0.25, 0.3) is 0 Å². The lowest BCUT2D eigenvalue weighted by molar-refractivity contribution is -0.109. The SMILES string of the molecule is CS(=O)(=O)c1ccc(C(C=O)CC2CCCC2)cc1Cl. The lowest BCUT2D eigenvalue weighted by atomic mass is 9.89. The molecule has 110 valence electrons. The van der Waals surface area contributed by atoms with Gasteiger partial charge in [-0.25, -0.2) is 8.42 Å². The molecule has 0 N–H and O–H groups in total. The third-order valence-corrected chi connectivity index (χ3v) is 5.59. The molecule has 2 rings (SSSR count). The van der Waals surface area contributed by atoms with Gasteiger partial charge in [0.15, 0.2) is 9.84 Å². The summed E-state index contributed by atoms with van der Waals surface area (Å²) in [5, 5.41) is 0.197. The molecule has 1 fully saturated rings. The van der Waals surface area contributed by atoms with Crippen LogP contribution >= 0.6 is 11.6 Å². The van der Waals surface area contributed by atoms with E-state index in [9.17, 15) is 13.2 Å². The summed E-state index contributed by atoms with van der Waals surface area (Å²) in [6.07, 6.45) is 7.75. The predicted octanol–water partition coefficient (Wildman–Crippen LogP) is 3.61. The summed E-state index contributed by atoms with van der Waals surface area (Å²) in [6.45, 7) is 0. The van der Waals surface area contributed by atoms with Crippen LogP contribution in [0, 0.1) is 5.92 Å². The average Bonchev–Trinajstić information content (AvgIpc) is 2.87. The van der Waals surface area contributed by atoms with Gasteiger partial charge in [-0.15, -0.1) is 0 Å². The van der Waals surface area contributed by atoms with Crippen LogP contribution in [0.3, 0.4) is 0 Å². The molecule has 0 saturated heterocycles. The number of halogens is 1. The summed E-state index contributed by atoms with van der Waals surface area (Å²) in [6, 6.07) is 4.82. The Balaban J connectivity index is 2.22. The first-order valence-corrected chi connectivity index (χ1v) is 9.13. The van der Waals surface area contributed by atoms with E-state index in [-0.39, 0.29) is 15.8 Å². The Morgan fingerprint density at radius 2 is 2.00 bits per heavy atom. The fourth-order valence-corrected chi connectivity index (χ4v) is 4.26. The molecule has 5 heteroatoms. The number of hydrogen-bond acceptors (Lipinski definition) is 3. The van der Waals surface area contributed by atoms with Crippen LogP contribution in [0.2, 0.25) is 5.02 Å². The Morgan fingerprint density at radius 3 is 2.50 bits per heavy atom. The molecule has 0 bridgehead atoms. The minimum Gasteiger partial charge on any atom is -0.303 e. The highest BCUT2D eigenvalue weighted by molar-refractivity contribution is 7.90. The standard InChI is InChI=1S/C15H19ClO3S/c1-20(18,19)15-7-6-12(9-14(15)16)13(10-17)8-11-4-2-3-5-11/h6-7,9-11,13H,2-5,8H2,1H3. The maximum Gasteiger partial charge on any atom is 0.176 e. The van der Waals surface area contributed by atoms with E-state index < -0.39 is 9.84 Å². The van der Waals surface area contributed by atoms with Gasteiger partial charge in [-0.2, -0.15) is 0 Å². The van der Waals surface area contributed by atoms with Crippen molar-refractivity contribution in [3.8, 4) is 0 Å². The van der Waals surface area contributed by atoms with Crippen LogP contribution in [0.1, 0.15) is 43.6 Å². The highest BCUT2D eigenvalue weighted by atomic mass is 35.5. The molecule has 0 amide bonds. The fraction of sp³-hybridized carbons (Fsp3) is 0.533. The zero-order valence-corrected chi connectivity index (χ0v) is 13.1. The molecule has 1 saturated carbocycles. The number of carbonyl (C=O) groups excluding carboxylic acids is 1. The predicted molar refractivity (Wildman–Crippen MR) is 79.9 cm³/mol. The number of benzene rings is 1. The molecule has 1 atom stereocenters. The van der Waals surface area contributed by atoms with E-state index in [1.807, 2.05) is 0 Å². The number of carbonyl (C=O) groups is 1. The minimum atomic E-state index is -3.33. The minimum absolute atomic E-state index is 0.119. The van der Waals surface area contributed by atoms with Crippen molar-refractivity contribution in [3.05, 3.63) is 28.8 Å². The van der Waals surface area contributed by atoms with E-state index in [0.717, 1.165) is 24.5 Å². The second-order valence-corrected chi connectivity index (χ2v) is 7.98. The summed E-state index contributed by atoms with van der Waals surface area (Å²) in [5.41, 5.74) is 0.810. The van der Waals surface area contributed by atoms with E-state index in [1.54, 1.807) is 12.1 Å². The zero-order chi connectivity index (χ0) is 14.8. The van der Waals surface area contributed by atoms with Gasteiger partial charge in [-0.3, -0.25) is 0 Å². The van der Waals surface area contributed by atoms with Crippen LogP contribution in [0.5, 0.6) is 0 Å². The summed E-state index contributed by atoms with van der Waals surface area (Å²) in [7, 11) is -3.33. The largest absolute Gasteiger partial charge is 0.303 e. The molecule has 3 nitrogen and oxygen atoms in total. The third-order valence-electron chi connectivity index (χ3n) is 4.01. The van der Waals surface area contributed by atoms with E-state index in [2.05, 4.69) is 0 Å². The second-order valence-electron chi connectivity index (χ2n) is 5.59.